The zero-order valence-electron chi connectivity index (χ0n) is 11.0. The van der Waals surface area contributed by atoms with E-state index in [2.05, 4.69) is 43.4 Å². The van der Waals surface area contributed by atoms with Crippen molar-refractivity contribution in [2.45, 2.75) is 59.5 Å². The number of nitrogens with two attached hydrogens (primary N) is 1. The van der Waals surface area contributed by atoms with Crippen molar-refractivity contribution in [2.75, 3.05) is 0 Å². The van der Waals surface area contributed by atoms with Gasteiger partial charge in [-0.15, -0.1) is 0 Å². The molecule has 3 heteroatoms. The van der Waals surface area contributed by atoms with Crippen LogP contribution in [-0.4, -0.2) is 15.6 Å². The average Bonchev–Trinajstić information content (AvgIpc) is 2.61. The summed E-state index contributed by atoms with van der Waals surface area (Å²) < 4.78 is 2.23. The van der Waals surface area contributed by atoms with E-state index in [1.165, 1.54) is 5.82 Å². The molecule has 0 radical (unpaired) electrons. The van der Waals surface area contributed by atoms with Crippen molar-refractivity contribution in [3.05, 3.63) is 18.2 Å². The van der Waals surface area contributed by atoms with Gasteiger partial charge in [0.15, 0.2) is 0 Å². The Morgan fingerprint density at radius 3 is 2.69 bits per heavy atom. The number of hydrogen-bond acceptors (Lipinski definition) is 2. The van der Waals surface area contributed by atoms with Crippen LogP contribution < -0.4 is 5.73 Å². The predicted molar refractivity (Wildman–Crippen MR) is 68.3 cm³/mol. The van der Waals surface area contributed by atoms with Crippen LogP contribution in [0.4, 0.5) is 0 Å². The summed E-state index contributed by atoms with van der Waals surface area (Å²) in [5.74, 6) is 1.17. The van der Waals surface area contributed by atoms with Gasteiger partial charge < -0.3 is 10.3 Å². The lowest BCUT2D eigenvalue weighted by Gasteiger charge is -2.26. The first-order valence-corrected chi connectivity index (χ1v) is 6.20. The second-order valence-electron chi connectivity index (χ2n) is 5.55. The molecule has 3 nitrogen and oxygen atoms in total. The highest BCUT2D eigenvalue weighted by Gasteiger charge is 2.20. The van der Waals surface area contributed by atoms with Crippen LogP contribution in [0.15, 0.2) is 12.4 Å². The average molecular weight is 223 g/mol. The SMILES string of the molecule is CCCn1ccnc1CCC(N)C(C)(C)C. The van der Waals surface area contributed by atoms with E-state index in [0.29, 0.717) is 0 Å². The molecule has 0 aliphatic heterocycles. The smallest absolute Gasteiger partial charge is 0.108 e. The van der Waals surface area contributed by atoms with Gasteiger partial charge in [-0.1, -0.05) is 27.7 Å². The second-order valence-corrected chi connectivity index (χ2v) is 5.55. The zero-order valence-corrected chi connectivity index (χ0v) is 11.0. The van der Waals surface area contributed by atoms with Gasteiger partial charge in [0.05, 0.1) is 0 Å². The van der Waals surface area contributed by atoms with Gasteiger partial charge in [0.1, 0.15) is 5.82 Å². The van der Waals surface area contributed by atoms with Gasteiger partial charge in [-0.25, -0.2) is 4.98 Å². The van der Waals surface area contributed by atoms with E-state index in [9.17, 15) is 0 Å². The third-order valence-electron chi connectivity index (χ3n) is 3.06. The van der Waals surface area contributed by atoms with Crippen molar-refractivity contribution >= 4 is 0 Å². The summed E-state index contributed by atoms with van der Waals surface area (Å²) in [5, 5.41) is 0. The summed E-state index contributed by atoms with van der Waals surface area (Å²) in [6.07, 6.45) is 7.07. The molecule has 1 heterocycles. The lowest BCUT2D eigenvalue weighted by Crippen LogP contribution is -2.35. The topological polar surface area (TPSA) is 43.8 Å². The standard InChI is InChI=1S/C13H25N3/c1-5-9-16-10-8-15-12(16)7-6-11(14)13(2,3)4/h8,10-11H,5-7,9,14H2,1-4H3. The van der Waals surface area contributed by atoms with E-state index in [1.54, 1.807) is 0 Å². The Morgan fingerprint density at radius 1 is 1.44 bits per heavy atom. The molecule has 16 heavy (non-hydrogen) atoms. The van der Waals surface area contributed by atoms with E-state index in [1.807, 2.05) is 6.20 Å². The number of imidazole rings is 1. The molecule has 1 aromatic rings. The van der Waals surface area contributed by atoms with Crippen LogP contribution in [0.5, 0.6) is 0 Å². The van der Waals surface area contributed by atoms with Crippen molar-refractivity contribution in [2.24, 2.45) is 11.1 Å². The minimum Gasteiger partial charge on any atom is -0.335 e. The molecule has 0 aromatic carbocycles. The van der Waals surface area contributed by atoms with Gasteiger partial charge in [-0.3, -0.25) is 0 Å². The molecule has 1 atom stereocenters. The van der Waals surface area contributed by atoms with Crippen molar-refractivity contribution < 1.29 is 0 Å². The molecule has 0 aliphatic carbocycles. The summed E-state index contributed by atoms with van der Waals surface area (Å²) >= 11 is 0. The third-order valence-corrected chi connectivity index (χ3v) is 3.06. The van der Waals surface area contributed by atoms with E-state index in [0.717, 1.165) is 25.8 Å². The molecule has 1 rings (SSSR count). The van der Waals surface area contributed by atoms with Gasteiger partial charge in [0, 0.05) is 31.4 Å². The van der Waals surface area contributed by atoms with E-state index in [4.69, 9.17) is 5.73 Å². The van der Waals surface area contributed by atoms with Crippen LogP contribution in [-0.2, 0) is 13.0 Å². The molecule has 0 aliphatic rings. The molecule has 0 saturated carbocycles. The molecule has 0 saturated heterocycles. The van der Waals surface area contributed by atoms with Crippen molar-refractivity contribution in [3.63, 3.8) is 0 Å². The summed E-state index contributed by atoms with van der Waals surface area (Å²) in [5.41, 5.74) is 6.34. The maximum atomic E-state index is 6.15. The summed E-state index contributed by atoms with van der Waals surface area (Å²) in [6, 6.07) is 0.235. The minimum absolute atomic E-state index is 0.183. The Hall–Kier alpha value is -0.830. The number of nitrogens with zero attached hydrogens (tertiary/aromatic N) is 2. The molecular formula is C13H25N3. The highest BCUT2D eigenvalue weighted by Crippen LogP contribution is 2.20. The fourth-order valence-corrected chi connectivity index (χ4v) is 1.73. The van der Waals surface area contributed by atoms with Crippen LogP contribution in [0.3, 0.4) is 0 Å². The minimum atomic E-state index is 0.183. The number of aromatic nitrogens is 2. The van der Waals surface area contributed by atoms with Crippen molar-refractivity contribution in [1.82, 2.24) is 9.55 Å². The molecule has 1 aromatic heterocycles. The second kappa shape index (κ2) is 5.48. The summed E-state index contributed by atoms with van der Waals surface area (Å²) in [4.78, 5) is 4.40. The fourth-order valence-electron chi connectivity index (χ4n) is 1.73. The maximum Gasteiger partial charge on any atom is 0.108 e. The normalized spacial score (nSPS) is 14.1. The highest BCUT2D eigenvalue weighted by molar-refractivity contribution is 4.94. The zero-order chi connectivity index (χ0) is 12.2. The molecule has 0 bridgehead atoms. The highest BCUT2D eigenvalue weighted by atomic mass is 15.1. The number of hydrogen-bond donors (Lipinski definition) is 1. The Labute approximate surface area is 99.1 Å². The quantitative estimate of drug-likeness (QED) is 0.834. The largest absolute Gasteiger partial charge is 0.335 e. The Morgan fingerprint density at radius 2 is 2.12 bits per heavy atom. The van der Waals surface area contributed by atoms with Crippen LogP contribution in [0, 0.1) is 5.41 Å². The Kier molecular flexibility index (Phi) is 4.54. The van der Waals surface area contributed by atoms with Gasteiger partial charge in [-0.05, 0) is 18.3 Å². The van der Waals surface area contributed by atoms with Crippen LogP contribution in [0.2, 0.25) is 0 Å². The van der Waals surface area contributed by atoms with Crippen molar-refractivity contribution in [3.8, 4) is 0 Å². The molecule has 0 amide bonds. The fraction of sp³-hybridized carbons (Fsp3) is 0.769. The van der Waals surface area contributed by atoms with Gasteiger partial charge in [0.2, 0.25) is 0 Å². The van der Waals surface area contributed by atoms with Gasteiger partial charge in [-0.2, -0.15) is 0 Å². The molecule has 1 unspecified atom stereocenters. The monoisotopic (exact) mass is 223 g/mol. The molecule has 0 fully saturated rings. The number of rotatable bonds is 5. The predicted octanol–water partition coefficient (Wildman–Crippen LogP) is 2.60. The molecular weight excluding hydrogens is 198 g/mol. The Balaban J connectivity index is 2.51. The van der Waals surface area contributed by atoms with Crippen molar-refractivity contribution in [1.29, 1.82) is 0 Å². The lowest BCUT2D eigenvalue weighted by molar-refractivity contribution is 0.304. The lowest BCUT2D eigenvalue weighted by atomic mass is 9.85. The maximum absolute atomic E-state index is 6.15. The first-order valence-electron chi connectivity index (χ1n) is 6.20. The summed E-state index contributed by atoms with van der Waals surface area (Å²) in [7, 11) is 0. The number of aryl methyl sites for hydroxylation is 2. The Bertz CT molecular complexity index is 309. The van der Waals surface area contributed by atoms with Crippen LogP contribution in [0.25, 0.3) is 0 Å². The summed E-state index contributed by atoms with van der Waals surface area (Å²) in [6.45, 7) is 9.81. The molecule has 92 valence electrons. The first-order chi connectivity index (χ1) is 7.45. The van der Waals surface area contributed by atoms with Gasteiger partial charge >= 0.3 is 0 Å². The molecule has 0 spiro atoms. The van der Waals surface area contributed by atoms with E-state index < -0.39 is 0 Å². The molecule has 2 N–H and O–H groups in total. The first kappa shape index (κ1) is 13.2. The van der Waals surface area contributed by atoms with Gasteiger partial charge in [0.25, 0.3) is 0 Å². The van der Waals surface area contributed by atoms with Crippen LogP contribution in [0.1, 0.15) is 46.4 Å². The van der Waals surface area contributed by atoms with Crippen LogP contribution >= 0.6 is 0 Å². The third kappa shape index (κ3) is 3.63. The van der Waals surface area contributed by atoms with E-state index >= 15 is 0 Å². The van der Waals surface area contributed by atoms with E-state index in [-0.39, 0.29) is 11.5 Å².